The van der Waals surface area contributed by atoms with E-state index in [0.717, 1.165) is 5.56 Å². The number of anilines is 1. The van der Waals surface area contributed by atoms with Crippen molar-refractivity contribution in [2.45, 2.75) is 0 Å². The number of benzene rings is 2. The number of methoxy groups -OCH3 is 1. The molecule has 0 aromatic heterocycles. The summed E-state index contributed by atoms with van der Waals surface area (Å²) < 4.78 is 18.2. The number of carbonyl (C=O) groups is 2. The molecule has 7 heteroatoms. The molecule has 3 rings (SSSR count). The van der Waals surface area contributed by atoms with Crippen molar-refractivity contribution in [2.24, 2.45) is 0 Å². The molecule has 0 radical (unpaired) electrons. The maximum absolute atomic E-state index is 13.5. The zero-order valence-corrected chi connectivity index (χ0v) is 14.7. The first-order valence-corrected chi connectivity index (χ1v) is 8.38. The van der Waals surface area contributed by atoms with Gasteiger partial charge in [0.25, 0.3) is 5.91 Å². The molecular formula is C20H19FN2O4. The number of esters is 1. The van der Waals surface area contributed by atoms with Crippen molar-refractivity contribution < 1.29 is 23.8 Å². The van der Waals surface area contributed by atoms with Gasteiger partial charge in [0.05, 0.1) is 25.8 Å². The summed E-state index contributed by atoms with van der Waals surface area (Å²) in [6.07, 6.45) is 0. The topological polar surface area (TPSA) is 78.9 Å². The summed E-state index contributed by atoms with van der Waals surface area (Å²) in [6, 6.07) is 13.3. The summed E-state index contributed by atoms with van der Waals surface area (Å²) in [5.74, 6) is -1.33. The number of aliphatic hydroxyl groups is 1. The minimum absolute atomic E-state index is 0.0674. The lowest BCUT2D eigenvalue weighted by atomic mass is 10.0. The highest BCUT2D eigenvalue weighted by atomic mass is 19.1. The van der Waals surface area contributed by atoms with Crippen molar-refractivity contribution in [3.63, 3.8) is 0 Å². The van der Waals surface area contributed by atoms with Gasteiger partial charge in [0.2, 0.25) is 0 Å². The van der Waals surface area contributed by atoms with Gasteiger partial charge in [0.1, 0.15) is 11.5 Å². The van der Waals surface area contributed by atoms with Crippen LogP contribution in [0.1, 0.15) is 0 Å². The number of β-amino-alcohol motifs (C(OH)–C–C–N with tert-alkyl or cyclic N) is 1. The predicted octanol–water partition coefficient (Wildman–Crippen LogP) is 2.17. The molecule has 140 valence electrons. The number of rotatable bonds is 6. The third-order valence-corrected chi connectivity index (χ3v) is 4.24. The Morgan fingerprint density at radius 1 is 1.22 bits per heavy atom. The van der Waals surface area contributed by atoms with E-state index in [4.69, 9.17) is 9.84 Å². The van der Waals surface area contributed by atoms with Gasteiger partial charge in [-0.2, -0.15) is 0 Å². The SMILES string of the molecule is COC(=O)C1=C(Nc2cccc(-c3cccc(F)c3)c2)C(=O)N(CCO)C1. The molecule has 0 spiro atoms. The molecule has 0 atom stereocenters. The van der Waals surface area contributed by atoms with E-state index in [1.165, 1.54) is 24.1 Å². The van der Waals surface area contributed by atoms with Crippen LogP contribution in [0.2, 0.25) is 0 Å². The third kappa shape index (κ3) is 3.98. The van der Waals surface area contributed by atoms with Gasteiger partial charge in [0, 0.05) is 12.2 Å². The van der Waals surface area contributed by atoms with Gasteiger partial charge < -0.3 is 20.1 Å². The average Bonchev–Trinajstić information content (AvgIpc) is 2.98. The molecule has 0 aliphatic carbocycles. The smallest absolute Gasteiger partial charge is 0.337 e. The number of nitrogens with zero attached hydrogens (tertiary/aromatic N) is 1. The summed E-state index contributed by atoms with van der Waals surface area (Å²) in [7, 11) is 1.25. The largest absolute Gasteiger partial charge is 0.466 e. The normalized spacial score (nSPS) is 13.9. The van der Waals surface area contributed by atoms with E-state index in [1.54, 1.807) is 30.3 Å². The molecule has 2 N–H and O–H groups in total. The van der Waals surface area contributed by atoms with Gasteiger partial charge in [0.15, 0.2) is 0 Å². The van der Waals surface area contributed by atoms with Crippen LogP contribution in [0.5, 0.6) is 0 Å². The maximum Gasteiger partial charge on any atom is 0.337 e. The van der Waals surface area contributed by atoms with E-state index in [0.29, 0.717) is 11.3 Å². The Labute approximate surface area is 155 Å². The van der Waals surface area contributed by atoms with Crippen LogP contribution < -0.4 is 5.32 Å². The van der Waals surface area contributed by atoms with Gasteiger partial charge >= 0.3 is 5.97 Å². The zero-order chi connectivity index (χ0) is 19.4. The fraction of sp³-hybridized carbons (Fsp3) is 0.200. The van der Waals surface area contributed by atoms with E-state index >= 15 is 0 Å². The lowest BCUT2D eigenvalue weighted by molar-refractivity contribution is -0.136. The van der Waals surface area contributed by atoms with Crippen molar-refractivity contribution >= 4 is 17.6 Å². The molecule has 2 aromatic carbocycles. The van der Waals surface area contributed by atoms with Crippen LogP contribution in [0.15, 0.2) is 59.8 Å². The van der Waals surface area contributed by atoms with Crippen molar-refractivity contribution in [3.8, 4) is 11.1 Å². The Morgan fingerprint density at radius 2 is 1.93 bits per heavy atom. The number of amides is 1. The quantitative estimate of drug-likeness (QED) is 0.762. The first kappa shape index (κ1) is 18.6. The Morgan fingerprint density at radius 3 is 2.59 bits per heavy atom. The monoisotopic (exact) mass is 370 g/mol. The molecule has 27 heavy (non-hydrogen) atoms. The second kappa shape index (κ2) is 8.01. The van der Waals surface area contributed by atoms with Crippen molar-refractivity contribution in [3.05, 3.63) is 65.6 Å². The minimum Gasteiger partial charge on any atom is -0.466 e. The molecule has 6 nitrogen and oxygen atoms in total. The van der Waals surface area contributed by atoms with Crippen molar-refractivity contribution in [2.75, 3.05) is 32.1 Å². The van der Waals surface area contributed by atoms with E-state index in [9.17, 15) is 14.0 Å². The van der Waals surface area contributed by atoms with E-state index < -0.39 is 5.97 Å². The molecule has 0 bridgehead atoms. The van der Waals surface area contributed by atoms with Gasteiger partial charge in [-0.25, -0.2) is 9.18 Å². The number of carbonyl (C=O) groups excluding carboxylic acids is 2. The molecule has 0 saturated heterocycles. The molecule has 0 saturated carbocycles. The Balaban J connectivity index is 1.91. The number of halogens is 1. The van der Waals surface area contributed by atoms with Crippen LogP contribution in [0.4, 0.5) is 10.1 Å². The van der Waals surface area contributed by atoms with Crippen LogP contribution in [-0.2, 0) is 14.3 Å². The number of aliphatic hydroxyl groups excluding tert-OH is 1. The highest BCUT2D eigenvalue weighted by Crippen LogP contribution is 2.27. The zero-order valence-electron chi connectivity index (χ0n) is 14.7. The Hall–Kier alpha value is -3.19. The first-order valence-electron chi connectivity index (χ1n) is 8.38. The summed E-state index contributed by atoms with van der Waals surface area (Å²) in [5.41, 5.74) is 2.35. The molecule has 1 aliphatic heterocycles. The summed E-state index contributed by atoms with van der Waals surface area (Å²) in [6.45, 7) is -0.0195. The van der Waals surface area contributed by atoms with Gasteiger partial charge in [-0.1, -0.05) is 24.3 Å². The Bertz CT molecular complexity index is 910. The van der Waals surface area contributed by atoms with E-state index in [1.807, 2.05) is 6.07 Å². The highest BCUT2D eigenvalue weighted by Gasteiger charge is 2.34. The molecule has 1 aliphatic rings. The van der Waals surface area contributed by atoms with Gasteiger partial charge in [-0.05, 0) is 35.4 Å². The molecular weight excluding hydrogens is 351 g/mol. The van der Waals surface area contributed by atoms with Crippen molar-refractivity contribution in [1.82, 2.24) is 4.90 Å². The molecule has 1 heterocycles. The molecule has 0 fully saturated rings. The van der Waals surface area contributed by atoms with Gasteiger partial charge in [-0.15, -0.1) is 0 Å². The molecule has 2 aromatic rings. The maximum atomic E-state index is 13.5. The average molecular weight is 370 g/mol. The minimum atomic E-state index is -0.604. The standard InChI is InChI=1S/C20H19FN2O4/c1-27-20(26)17-12-23(8-9-24)19(25)18(17)22-16-7-3-5-14(11-16)13-4-2-6-15(21)10-13/h2-7,10-11,22,24H,8-9,12H2,1H3. The lowest BCUT2D eigenvalue weighted by Gasteiger charge is -2.15. The van der Waals surface area contributed by atoms with Gasteiger partial charge in [-0.3, -0.25) is 4.79 Å². The van der Waals surface area contributed by atoms with Crippen LogP contribution in [-0.4, -0.2) is 48.7 Å². The van der Waals surface area contributed by atoms with Crippen LogP contribution in [0.25, 0.3) is 11.1 Å². The van der Waals surface area contributed by atoms with Crippen LogP contribution in [0, 0.1) is 5.82 Å². The van der Waals surface area contributed by atoms with E-state index in [2.05, 4.69) is 5.32 Å². The number of hydrogen-bond acceptors (Lipinski definition) is 5. The predicted molar refractivity (Wildman–Crippen MR) is 98.2 cm³/mol. The fourth-order valence-electron chi connectivity index (χ4n) is 2.94. The lowest BCUT2D eigenvalue weighted by Crippen LogP contribution is -2.31. The third-order valence-electron chi connectivity index (χ3n) is 4.24. The summed E-state index contributed by atoms with van der Waals surface area (Å²) in [4.78, 5) is 26.0. The van der Waals surface area contributed by atoms with Crippen molar-refractivity contribution in [1.29, 1.82) is 0 Å². The summed E-state index contributed by atoms with van der Waals surface area (Å²) in [5, 5.41) is 12.1. The molecule has 1 amide bonds. The highest BCUT2D eigenvalue weighted by molar-refractivity contribution is 6.08. The van der Waals surface area contributed by atoms with Crippen LogP contribution >= 0.6 is 0 Å². The number of nitrogens with one attached hydrogen (secondary N) is 1. The fourth-order valence-corrected chi connectivity index (χ4v) is 2.94. The molecule has 0 unspecified atom stereocenters. The summed E-state index contributed by atoms with van der Waals surface area (Å²) >= 11 is 0. The second-order valence-electron chi connectivity index (χ2n) is 6.01. The number of hydrogen-bond donors (Lipinski definition) is 2. The Kier molecular flexibility index (Phi) is 5.52. The van der Waals surface area contributed by atoms with Crippen LogP contribution in [0.3, 0.4) is 0 Å². The second-order valence-corrected chi connectivity index (χ2v) is 6.01. The van der Waals surface area contributed by atoms with E-state index in [-0.39, 0.29) is 42.7 Å². The number of ether oxygens (including phenoxy) is 1. The first-order chi connectivity index (χ1) is 13.0.